The van der Waals surface area contributed by atoms with Gasteiger partial charge in [-0.25, -0.2) is 13.8 Å². The first kappa shape index (κ1) is 11.9. The van der Waals surface area contributed by atoms with Gasteiger partial charge in [0.1, 0.15) is 17.5 Å². The standard InChI is InChI=1S/C11H6BrF3N2/c12-6-4-9(8(14)5-7(6)13)16-11-3-1-2-10(15)17-11/h1-5H,(H,16,17). The third-order valence-corrected chi connectivity index (χ3v) is 2.60. The van der Waals surface area contributed by atoms with Gasteiger partial charge in [-0.2, -0.15) is 4.39 Å². The highest BCUT2D eigenvalue weighted by Gasteiger charge is 2.09. The van der Waals surface area contributed by atoms with Crippen LogP contribution in [0, 0.1) is 17.6 Å². The van der Waals surface area contributed by atoms with E-state index >= 15 is 0 Å². The normalized spacial score (nSPS) is 10.4. The Morgan fingerprint density at radius 3 is 2.53 bits per heavy atom. The van der Waals surface area contributed by atoms with E-state index in [1.807, 2.05) is 0 Å². The molecule has 1 aromatic carbocycles. The molecule has 17 heavy (non-hydrogen) atoms. The number of pyridine rings is 1. The van der Waals surface area contributed by atoms with Crippen LogP contribution in [-0.2, 0) is 0 Å². The quantitative estimate of drug-likeness (QED) is 0.670. The first-order valence-electron chi connectivity index (χ1n) is 4.60. The molecule has 0 saturated heterocycles. The molecule has 0 fully saturated rings. The fourth-order valence-corrected chi connectivity index (χ4v) is 1.58. The summed E-state index contributed by atoms with van der Waals surface area (Å²) in [6.07, 6.45) is 0. The minimum Gasteiger partial charge on any atom is -0.338 e. The average Bonchev–Trinajstić information content (AvgIpc) is 2.26. The second kappa shape index (κ2) is 4.75. The number of rotatable bonds is 2. The molecule has 0 aliphatic carbocycles. The van der Waals surface area contributed by atoms with E-state index in [1.165, 1.54) is 24.3 Å². The number of halogens is 4. The lowest BCUT2D eigenvalue weighted by molar-refractivity contribution is 0.579. The topological polar surface area (TPSA) is 24.9 Å². The van der Waals surface area contributed by atoms with Gasteiger partial charge in [0, 0.05) is 6.07 Å². The van der Waals surface area contributed by atoms with Gasteiger partial charge in [0.2, 0.25) is 5.95 Å². The van der Waals surface area contributed by atoms with E-state index in [-0.39, 0.29) is 16.0 Å². The summed E-state index contributed by atoms with van der Waals surface area (Å²) in [6, 6.07) is 6.02. The Morgan fingerprint density at radius 2 is 1.82 bits per heavy atom. The first-order chi connectivity index (χ1) is 8.06. The van der Waals surface area contributed by atoms with Crippen molar-refractivity contribution in [2.45, 2.75) is 0 Å². The van der Waals surface area contributed by atoms with Crippen molar-refractivity contribution >= 4 is 27.4 Å². The Morgan fingerprint density at radius 1 is 1.06 bits per heavy atom. The van der Waals surface area contributed by atoms with E-state index < -0.39 is 17.6 Å². The van der Waals surface area contributed by atoms with Crippen molar-refractivity contribution in [1.82, 2.24) is 4.98 Å². The number of aromatic nitrogens is 1. The summed E-state index contributed by atoms with van der Waals surface area (Å²) in [6.45, 7) is 0. The molecule has 0 radical (unpaired) electrons. The summed E-state index contributed by atoms with van der Waals surface area (Å²) in [5, 5.41) is 2.56. The van der Waals surface area contributed by atoms with E-state index in [2.05, 4.69) is 26.2 Å². The zero-order valence-electron chi connectivity index (χ0n) is 8.35. The molecule has 1 N–H and O–H groups in total. The highest BCUT2D eigenvalue weighted by molar-refractivity contribution is 9.10. The molecular formula is C11H6BrF3N2. The highest BCUT2D eigenvalue weighted by atomic mass is 79.9. The van der Waals surface area contributed by atoms with Gasteiger partial charge in [-0.15, -0.1) is 0 Å². The van der Waals surface area contributed by atoms with Crippen LogP contribution < -0.4 is 5.32 Å². The maximum absolute atomic E-state index is 13.4. The predicted octanol–water partition coefficient (Wildman–Crippen LogP) is 4.01. The van der Waals surface area contributed by atoms with Gasteiger partial charge in [0.05, 0.1) is 10.2 Å². The summed E-state index contributed by atoms with van der Waals surface area (Å²) >= 11 is 2.93. The number of hydrogen-bond donors (Lipinski definition) is 1. The van der Waals surface area contributed by atoms with Gasteiger partial charge in [-0.1, -0.05) is 6.07 Å². The number of nitrogens with one attached hydrogen (secondary N) is 1. The second-order valence-electron chi connectivity index (χ2n) is 3.22. The van der Waals surface area contributed by atoms with E-state index in [9.17, 15) is 13.2 Å². The predicted molar refractivity (Wildman–Crippen MR) is 61.5 cm³/mol. The molecular weight excluding hydrogens is 297 g/mol. The molecule has 6 heteroatoms. The SMILES string of the molecule is Fc1cccc(Nc2cc(Br)c(F)cc2F)n1. The molecule has 0 aliphatic rings. The van der Waals surface area contributed by atoms with Crippen LogP contribution in [0.2, 0.25) is 0 Å². The van der Waals surface area contributed by atoms with Gasteiger partial charge in [0.25, 0.3) is 0 Å². The van der Waals surface area contributed by atoms with Gasteiger partial charge in [-0.05, 0) is 34.1 Å². The lowest BCUT2D eigenvalue weighted by Crippen LogP contribution is -1.98. The third kappa shape index (κ3) is 2.76. The number of nitrogens with zero attached hydrogens (tertiary/aromatic N) is 1. The Bertz CT molecular complexity index is 560. The molecule has 2 rings (SSSR count). The fraction of sp³-hybridized carbons (Fsp3) is 0. The molecule has 0 unspecified atom stereocenters. The van der Waals surface area contributed by atoms with Crippen molar-refractivity contribution in [3.8, 4) is 0 Å². The van der Waals surface area contributed by atoms with Gasteiger partial charge in [-0.3, -0.25) is 0 Å². The fourth-order valence-electron chi connectivity index (χ4n) is 1.23. The van der Waals surface area contributed by atoms with Crippen molar-refractivity contribution in [2.75, 3.05) is 5.32 Å². The smallest absolute Gasteiger partial charge is 0.214 e. The van der Waals surface area contributed by atoms with Gasteiger partial charge < -0.3 is 5.32 Å². The lowest BCUT2D eigenvalue weighted by Gasteiger charge is -2.07. The summed E-state index contributed by atoms with van der Waals surface area (Å²) in [4.78, 5) is 3.51. The van der Waals surface area contributed by atoms with E-state index in [1.54, 1.807) is 0 Å². The molecule has 2 nitrogen and oxygen atoms in total. The molecule has 88 valence electrons. The summed E-state index contributed by atoms with van der Waals surface area (Å²) in [7, 11) is 0. The lowest BCUT2D eigenvalue weighted by atomic mass is 10.3. The molecule has 0 atom stereocenters. The van der Waals surface area contributed by atoms with Crippen LogP contribution in [0.25, 0.3) is 0 Å². The monoisotopic (exact) mass is 302 g/mol. The summed E-state index contributed by atoms with van der Waals surface area (Å²) in [5.74, 6) is -2.03. The Labute approximate surface area is 104 Å². The Kier molecular flexibility index (Phi) is 3.33. The van der Waals surface area contributed by atoms with E-state index in [0.717, 1.165) is 6.07 Å². The first-order valence-corrected chi connectivity index (χ1v) is 5.39. The summed E-state index contributed by atoms with van der Waals surface area (Å²) < 4.78 is 39.3. The van der Waals surface area contributed by atoms with Crippen molar-refractivity contribution in [1.29, 1.82) is 0 Å². The zero-order chi connectivity index (χ0) is 12.4. The van der Waals surface area contributed by atoms with Crippen molar-refractivity contribution < 1.29 is 13.2 Å². The number of anilines is 2. The second-order valence-corrected chi connectivity index (χ2v) is 4.07. The Balaban J connectivity index is 2.33. The Hall–Kier alpha value is -1.56. The van der Waals surface area contributed by atoms with Crippen LogP contribution in [0.1, 0.15) is 0 Å². The molecule has 0 amide bonds. The molecule has 1 heterocycles. The van der Waals surface area contributed by atoms with Crippen LogP contribution in [-0.4, -0.2) is 4.98 Å². The molecule has 0 aliphatic heterocycles. The number of hydrogen-bond acceptors (Lipinski definition) is 2. The maximum Gasteiger partial charge on any atom is 0.214 e. The number of benzene rings is 1. The minimum atomic E-state index is -0.781. The van der Waals surface area contributed by atoms with Crippen LogP contribution in [0.5, 0.6) is 0 Å². The van der Waals surface area contributed by atoms with Gasteiger partial charge in [0.15, 0.2) is 0 Å². The van der Waals surface area contributed by atoms with E-state index in [0.29, 0.717) is 0 Å². The van der Waals surface area contributed by atoms with Crippen molar-refractivity contribution in [3.05, 3.63) is 52.4 Å². The minimum absolute atomic E-state index is 0.0105. The third-order valence-electron chi connectivity index (χ3n) is 1.99. The molecule has 1 aromatic heterocycles. The molecule has 2 aromatic rings. The van der Waals surface area contributed by atoms with Crippen molar-refractivity contribution in [3.63, 3.8) is 0 Å². The average molecular weight is 303 g/mol. The van der Waals surface area contributed by atoms with Crippen LogP contribution in [0.3, 0.4) is 0 Å². The van der Waals surface area contributed by atoms with Crippen LogP contribution in [0.4, 0.5) is 24.7 Å². The summed E-state index contributed by atoms with van der Waals surface area (Å²) in [5.41, 5.74) is 0.0105. The molecule has 0 saturated carbocycles. The highest BCUT2D eigenvalue weighted by Crippen LogP contribution is 2.25. The van der Waals surface area contributed by atoms with Crippen LogP contribution >= 0.6 is 15.9 Å². The van der Waals surface area contributed by atoms with Crippen LogP contribution in [0.15, 0.2) is 34.8 Å². The molecule has 0 bridgehead atoms. The zero-order valence-corrected chi connectivity index (χ0v) is 9.93. The van der Waals surface area contributed by atoms with E-state index in [4.69, 9.17) is 0 Å². The molecule has 0 spiro atoms. The van der Waals surface area contributed by atoms with Gasteiger partial charge >= 0.3 is 0 Å². The maximum atomic E-state index is 13.4. The largest absolute Gasteiger partial charge is 0.338 e. The van der Waals surface area contributed by atoms with Crippen molar-refractivity contribution in [2.24, 2.45) is 0 Å².